The number of hydrogen-bond donors (Lipinski definition) is 1. The van der Waals surface area contributed by atoms with Crippen molar-refractivity contribution in [2.45, 2.75) is 32.7 Å². The molecule has 0 aliphatic carbocycles. The third kappa shape index (κ3) is 4.14. The van der Waals surface area contributed by atoms with E-state index in [4.69, 9.17) is 5.73 Å². The van der Waals surface area contributed by atoms with Crippen molar-refractivity contribution in [3.63, 3.8) is 0 Å². The Bertz CT molecular complexity index is 1000. The molecular formula is C24H30N6. The molecule has 0 atom stereocenters. The van der Waals surface area contributed by atoms with Crippen molar-refractivity contribution in [2.75, 3.05) is 37.0 Å². The molecule has 0 bridgehead atoms. The summed E-state index contributed by atoms with van der Waals surface area (Å²) in [6.45, 7) is 6.15. The summed E-state index contributed by atoms with van der Waals surface area (Å²) >= 11 is 0. The molecule has 0 unspecified atom stereocenters. The van der Waals surface area contributed by atoms with Crippen molar-refractivity contribution in [3.8, 4) is 22.3 Å². The molecule has 0 radical (unpaired) electrons. The van der Waals surface area contributed by atoms with Gasteiger partial charge in [0.15, 0.2) is 0 Å². The topological polar surface area (TPSA) is 71.2 Å². The predicted molar refractivity (Wildman–Crippen MR) is 124 cm³/mol. The molecule has 3 heterocycles. The number of piperidine rings is 1. The van der Waals surface area contributed by atoms with Crippen molar-refractivity contribution < 1.29 is 0 Å². The lowest BCUT2D eigenvalue weighted by Gasteiger charge is -2.35. The van der Waals surface area contributed by atoms with E-state index in [1.165, 1.54) is 22.4 Å². The van der Waals surface area contributed by atoms with Crippen molar-refractivity contribution in [3.05, 3.63) is 54.1 Å². The Morgan fingerprint density at radius 1 is 0.867 bits per heavy atom. The first kappa shape index (κ1) is 20.3. The van der Waals surface area contributed by atoms with E-state index in [1.54, 1.807) is 0 Å². The fourth-order valence-electron chi connectivity index (χ4n) is 4.16. The van der Waals surface area contributed by atoms with Gasteiger partial charge in [0.05, 0.1) is 5.69 Å². The summed E-state index contributed by atoms with van der Waals surface area (Å²) in [6, 6.07) is 6.95. The van der Waals surface area contributed by atoms with E-state index in [1.807, 2.05) is 43.8 Å². The second-order valence-electron chi connectivity index (χ2n) is 8.45. The first-order valence-electron chi connectivity index (χ1n) is 10.5. The van der Waals surface area contributed by atoms with Gasteiger partial charge in [-0.2, -0.15) is 0 Å². The van der Waals surface area contributed by atoms with Crippen LogP contribution in [0, 0.1) is 13.8 Å². The zero-order chi connectivity index (χ0) is 21.3. The Balaban J connectivity index is 1.87. The summed E-state index contributed by atoms with van der Waals surface area (Å²) in [6.07, 6.45) is 9.68. The number of benzene rings is 1. The Morgan fingerprint density at radius 3 is 2.00 bits per heavy atom. The number of nitrogens with zero attached hydrogens (tertiary/aromatic N) is 5. The van der Waals surface area contributed by atoms with Gasteiger partial charge in [-0.15, -0.1) is 0 Å². The Labute approximate surface area is 178 Å². The fraction of sp³-hybridized carbons (Fsp3) is 0.375. The number of anilines is 2. The smallest absolute Gasteiger partial charge is 0.224 e. The van der Waals surface area contributed by atoms with Crippen LogP contribution in [0.25, 0.3) is 22.3 Å². The molecule has 6 nitrogen and oxygen atoms in total. The maximum Gasteiger partial charge on any atom is 0.224 e. The molecular weight excluding hydrogens is 372 g/mol. The second-order valence-corrected chi connectivity index (χ2v) is 8.45. The molecule has 0 spiro atoms. The molecule has 1 aliphatic rings. The van der Waals surface area contributed by atoms with Gasteiger partial charge in [-0.3, -0.25) is 4.98 Å². The Kier molecular flexibility index (Phi) is 5.68. The lowest BCUT2D eigenvalue weighted by molar-refractivity contribution is 0.501. The molecule has 1 fully saturated rings. The Hall–Kier alpha value is -2.99. The zero-order valence-electron chi connectivity index (χ0n) is 18.3. The minimum absolute atomic E-state index is 0.277. The van der Waals surface area contributed by atoms with Gasteiger partial charge in [0.1, 0.15) is 0 Å². The zero-order valence-corrected chi connectivity index (χ0v) is 18.3. The number of hydrogen-bond acceptors (Lipinski definition) is 6. The van der Waals surface area contributed by atoms with Crippen LogP contribution in [0.2, 0.25) is 0 Å². The van der Waals surface area contributed by atoms with Gasteiger partial charge in [-0.1, -0.05) is 29.3 Å². The van der Waals surface area contributed by atoms with Gasteiger partial charge in [0, 0.05) is 74.7 Å². The molecule has 2 N–H and O–H groups in total. The summed E-state index contributed by atoms with van der Waals surface area (Å²) < 4.78 is 0. The van der Waals surface area contributed by atoms with Crippen LogP contribution in [0.4, 0.5) is 11.6 Å². The third-order valence-corrected chi connectivity index (χ3v) is 5.66. The highest BCUT2D eigenvalue weighted by Crippen LogP contribution is 2.40. The number of pyridine rings is 1. The molecule has 4 rings (SSSR count). The van der Waals surface area contributed by atoms with Crippen LogP contribution in [-0.2, 0) is 0 Å². The van der Waals surface area contributed by atoms with Gasteiger partial charge in [0.2, 0.25) is 5.95 Å². The first-order chi connectivity index (χ1) is 14.4. The van der Waals surface area contributed by atoms with Crippen LogP contribution in [-0.4, -0.2) is 48.2 Å². The van der Waals surface area contributed by atoms with Gasteiger partial charge in [0.25, 0.3) is 0 Å². The normalized spacial score (nSPS) is 14.8. The van der Waals surface area contributed by atoms with E-state index in [0.29, 0.717) is 5.95 Å². The SMILES string of the molecule is Cc1cc(C)cc(-c2cncc(-c3cnc(N(C)C)nc3)c2N2CCC(N)CC2)c1. The Morgan fingerprint density at radius 2 is 1.43 bits per heavy atom. The summed E-state index contributed by atoms with van der Waals surface area (Å²) in [7, 11) is 3.89. The minimum Gasteiger partial charge on any atom is -0.370 e. The monoisotopic (exact) mass is 402 g/mol. The molecule has 1 saturated heterocycles. The molecule has 1 aromatic carbocycles. The number of aromatic nitrogens is 3. The first-order valence-corrected chi connectivity index (χ1v) is 10.5. The minimum atomic E-state index is 0.277. The summed E-state index contributed by atoms with van der Waals surface area (Å²) in [4.78, 5) is 18.0. The van der Waals surface area contributed by atoms with Crippen molar-refractivity contribution in [2.24, 2.45) is 5.73 Å². The van der Waals surface area contributed by atoms with E-state index < -0.39 is 0 Å². The van der Waals surface area contributed by atoms with Crippen LogP contribution < -0.4 is 15.5 Å². The van der Waals surface area contributed by atoms with Crippen LogP contribution in [0.3, 0.4) is 0 Å². The number of nitrogens with two attached hydrogens (primary N) is 1. The van der Waals surface area contributed by atoms with Crippen molar-refractivity contribution >= 4 is 11.6 Å². The van der Waals surface area contributed by atoms with Gasteiger partial charge < -0.3 is 15.5 Å². The van der Waals surface area contributed by atoms with Crippen LogP contribution >= 0.6 is 0 Å². The molecule has 0 amide bonds. The lowest BCUT2D eigenvalue weighted by atomic mass is 9.95. The molecule has 0 saturated carbocycles. The molecule has 6 heteroatoms. The van der Waals surface area contributed by atoms with Crippen LogP contribution in [0.15, 0.2) is 43.0 Å². The summed E-state index contributed by atoms with van der Waals surface area (Å²) in [5.41, 5.74) is 14.3. The second kappa shape index (κ2) is 8.40. The van der Waals surface area contributed by atoms with E-state index in [-0.39, 0.29) is 6.04 Å². The van der Waals surface area contributed by atoms with E-state index in [9.17, 15) is 0 Å². The van der Waals surface area contributed by atoms with Gasteiger partial charge >= 0.3 is 0 Å². The van der Waals surface area contributed by atoms with E-state index >= 15 is 0 Å². The highest BCUT2D eigenvalue weighted by atomic mass is 15.2. The predicted octanol–water partition coefficient (Wildman–Crippen LogP) is 3.82. The summed E-state index contributed by atoms with van der Waals surface area (Å²) in [5, 5.41) is 0. The molecule has 3 aromatic rings. The maximum absolute atomic E-state index is 6.19. The van der Waals surface area contributed by atoms with Crippen molar-refractivity contribution in [1.82, 2.24) is 15.0 Å². The largest absolute Gasteiger partial charge is 0.370 e. The maximum atomic E-state index is 6.19. The lowest BCUT2D eigenvalue weighted by Crippen LogP contribution is -2.40. The highest BCUT2D eigenvalue weighted by molar-refractivity contribution is 5.90. The number of aryl methyl sites for hydroxylation is 2. The van der Waals surface area contributed by atoms with Gasteiger partial charge in [-0.05, 0) is 32.3 Å². The van der Waals surface area contributed by atoms with E-state index in [2.05, 4.69) is 51.9 Å². The third-order valence-electron chi connectivity index (χ3n) is 5.66. The average Bonchev–Trinajstić information content (AvgIpc) is 2.73. The molecule has 30 heavy (non-hydrogen) atoms. The summed E-state index contributed by atoms with van der Waals surface area (Å²) in [5.74, 6) is 0.697. The van der Waals surface area contributed by atoms with Crippen molar-refractivity contribution in [1.29, 1.82) is 0 Å². The van der Waals surface area contributed by atoms with Crippen LogP contribution in [0.1, 0.15) is 24.0 Å². The molecule has 1 aliphatic heterocycles. The average molecular weight is 403 g/mol. The van der Waals surface area contributed by atoms with Crippen LogP contribution in [0.5, 0.6) is 0 Å². The standard InChI is InChI=1S/C24H30N6/c1-16-9-17(2)11-18(10-16)21-14-26-15-22(19-12-27-24(28-13-19)29(3)4)23(21)30-7-5-20(25)6-8-30/h9-15,20H,5-8,25H2,1-4H3. The van der Waals surface area contributed by atoms with Gasteiger partial charge in [-0.25, -0.2) is 9.97 Å². The molecule has 156 valence electrons. The quantitative estimate of drug-likeness (QED) is 0.715. The highest BCUT2D eigenvalue weighted by Gasteiger charge is 2.23. The molecule has 2 aromatic heterocycles. The van der Waals surface area contributed by atoms with E-state index in [0.717, 1.165) is 42.6 Å². The number of rotatable bonds is 4. The fourth-order valence-corrected chi connectivity index (χ4v) is 4.16.